The van der Waals surface area contributed by atoms with Crippen LogP contribution in [0.3, 0.4) is 0 Å². The first-order valence-electron chi connectivity index (χ1n) is 8.24. The minimum atomic E-state index is -0.0821. The lowest BCUT2D eigenvalue weighted by Gasteiger charge is -2.23. The Morgan fingerprint density at radius 1 is 1.29 bits per heavy atom. The maximum atomic E-state index is 12.6. The van der Waals surface area contributed by atoms with E-state index in [1.54, 1.807) is 14.2 Å². The highest BCUT2D eigenvalue weighted by molar-refractivity contribution is 5.85. The van der Waals surface area contributed by atoms with E-state index in [-0.39, 0.29) is 30.3 Å². The Kier molecular flexibility index (Phi) is 7.84. The Morgan fingerprint density at radius 3 is 2.50 bits per heavy atom. The van der Waals surface area contributed by atoms with Gasteiger partial charge in [-0.1, -0.05) is 6.42 Å². The van der Waals surface area contributed by atoms with Crippen molar-refractivity contribution in [2.24, 2.45) is 17.6 Å². The SMILES string of the molecule is COc1cc(C)c(C(C)NC(=O)[C@@H]2CCC[C@@H]2CN)cc1OC.Cl. The minimum absolute atomic E-state index is 0. The van der Waals surface area contributed by atoms with Crippen molar-refractivity contribution in [1.82, 2.24) is 5.32 Å². The molecule has 0 saturated heterocycles. The molecule has 1 aromatic carbocycles. The van der Waals surface area contributed by atoms with Gasteiger partial charge in [0, 0.05) is 5.92 Å². The molecule has 2 rings (SSSR count). The Morgan fingerprint density at radius 2 is 1.92 bits per heavy atom. The summed E-state index contributed by atoms with van der Waals surface area (Å²) < 4.78 is 10.7. The van der Waals surface area contributed by atoms with Crippen LogP contribution < -0.4 is 20.5 Å². The highest BCUT2D eigenvalue weighted by Gasteiger charge is 2.32. The van der Waals surface area contributed by atoms with Crippen LogP contribution >= 0.6 is 12.4 Å². The molecule has 1 aromatic rings. The molecule has 136 valence electrons. The number of carbonyl (C=O) groups excluding carboxylic acids is 1. The van der Waals surface area contributed by atoms with Crippen molar-refractivity contribution in [1.29, 1.82) is 0 Å². The smallest absolute Gasteiger partial charge is 0.223 e. The summed E-state index contributed by atoms with van der Waals surface area (Å²) in [7, 11) is 3.24. The maximum Gasteiger partial charge on any atom is 0.223 e. The van der Waals surface area contributed by atoms with Crippen LogP contribution in [0.15, 0.2) is 12.1 Å². The highest BCUT2D eigenvalue weighted by atomic mass is 35.5. The van der Waals surface area contributed by atoms with Gasteiger partial charge in [0.15, 0.2) is 11.5 Å². The molecule has 3 N–H and O–H groups in total. The number of halogens is 1. The molecule has 0 aromatic heterocycles. The predicted molar refractivity (Wildman–Crippen MR) is 98.0 cm³/mol. The number of carbonyl (C=O) groups is 1. The Labute approximate surface area is 150 Å². The first-order chi connectivity index (χ1) is 11.0. The van der Waals surface area contributed by atoms with Gasteiger partial charge in [-0.05, 0) is 62.4 Å². The summed E-state index contributed by atoms with van der Waals surface area (Å²) in [5, 5.41) is 3.14. The molecule has 1 unspecified atom stereocenters. The van der Waals surface area contributed by atoms with Crippen LogP contribution in [0, 0.1) is 18.8 Å². The van der Waals surface area contributed by atoms with Gasteiger partial charge in [-0.15, -0.1) is 12.4 Å². The number of aryl methyl sites for hydroxylation is 1. The molecule has 0 heterocycles. The van der Waals surface area contributed by atoms with Crippen LogP contribution in [-0.2, 0) is 4.79 Å². The number of hydrogen-bond donors (Lipinski definition) is 2. The third-order valence-corrected chi connectivity index (χ3v) is 4.90. The molecule has 1 aliphatic rings. The number of rotatable bonds is 6. The molecule has 5 nitrogen and oxygen atoms in total. The van der Waals surface area contributed by atoms with E-state index in [0.717, 1.165) is 30.4 Å². The number of nitrogens with one attached hydrogen (secondary N) is 1. The molecular formula is C18H29ClN2O3. The summed E-state index contributed by atoms with van der Waals surface area (Å²) >= 11 is 0. The van der Waals surface area contributed by atoms with E-state index in [0.29, 0.717) is 24.0 Å². The zero-order valence-electron chi connectivity index (χ0n) is 14.9. The average molecular weight is 357 g/mol. The fraction of sp³-hybridized carbons (Fsp3) is 0.611. The van der Waals surface area contributed by atoms with Crippen molar-refractivity contribution < 1.29 is 14.3 Å². The van der Waals surface area contributed by atoms with Gasteiger partial charge < -0.3 is 20.5 Å². The Balaban J connectivity index is 0.00000288. The monoisotopic (exact) mass is 356 g/mol. The standard InChI is InChI=1S/C18H28N2O3.ClH/c1-11-8-16(22-3)17(23-4)9-15(11)12(2)20-18(21)14-7-5-6-13(14)10-19;/h8-9,12-14H,5-7,10,19H2,1-4H3,(H,20,21);1H/t12?,13-,14-;/m1./s1. The summed E-state index contributed by atoms with van der Waals surface area (Å²) in [6, 6.07) is 3.80. The van der Waals surface area contributed by atoms with Crippen LogP contribution in [0.4, 0.5) is 0 Å². The van der Waals surface area contributed by atoms with Gasteiger partial charge >= 0.3 is 0 Å². The van der Waals surface area contributed by atoms with Gasteiger partial charge in [0.25, 0.3) is 0 Å². The van der Waals surface area contributed by atoms with E-state index in [2.05, 4.69) is 5.32 Å². The van der Waals surface area contributed by atoms with Crippen molar-refractivity contribution in [2.45, 2.75) is 39.2 Å². The number of ether oxygens (including phenoxy) is 2. The molecule has 0 radical (unpaired) electrons. The topological polar surface area (TPSA) is 73.6 Å². The second-order valence-corrected chi connectivity index (χ2v) is 6.33. The van der Waals surface area contributed by atoms with Crippen molar-refractivity contribution in [3.8, 4) is 11.5 Å². The van der Waals surface area contributed by atoms with E-state index >= 15 is 0 Å². The summed E-state index contributed by atoms with van der Waals surface area (Å²) in [5.41, 5.74) is 7.89. The molecule has 0 aliphatic heterocycles. The van der Waals surface area contributed by atoms with E-state index in [1.165, 1.54) is 0 Å². The maximum absolute atomic E-state index is 12.6. The number of nitrogens with two attached hydrogens (primary N) is 1. The van der Waals surface area contributed by atoms with Gasteiger partial charge in [0.05, 0.1) is 20.3 Å². The molecule has 6 heteroatoms. The third kappa shape index (κ3) is 4.33. The van der Waals surface area contributed by atoms with Crippen molar-refractivity contribution in [3.05, 3.63) is 23.3 Å². The van der Waals surface area contributed by atoms with Crippen LogP contribution in [0.2, 0.25) is 0 Å². The molecule has 0 bridgehead atoms. The summed E-state index contributed by atoms with van der Waals surface area (Å²) in [5.74, 6) is 1.84. The van der Waals surface area contributed by atoms with Crippen molar-refractivity contribution >= 4 is 18.3 Å². The second kappa shape index (κ2) is 9.14. The Hall–Kier alpha value is -1.46. The van der Waals surface area contributed by atoms with Crippen molar-refractivity contribution in [2.75, 3.05) is 20.8 Å². The highest BCUT2D eigenvalue weighted by Crippen LogP contribution is 2.34. The summed E-state index contributed by atoms with van der Waals surface area (Å²) in [4.78, 5) is 12.6. The van der Waals surface area contributed by atoms with E-state index in [1.807, 2.05) is 26.0 Å². The van der Waals surface area contributed by atoms with E-state index < -0.39 is 0 Å². The molecule has 0 spiro atoms. The minimum Gasteiger partial charge on any atom is -0.493 e. The quantitative estimate of drug-likeness (QED) is 0.821. The molecule has 1 saturated carbocycles. The van der Waals surface area contributed by atoms with E-state index in [4.69, 9.17) is 15.2 Å². The van der Waals surface area contributed by atoms with Gasteiger partial charge in [0.1, 0.15) is 0 Å². The van der Waals surface area contributed by atoms with Crippen LogP contribution in [0.5, 0.6) is 11.5 Å². The van der Waals surface area contributed by atoms with Gasteiger partial charge in [-0.25, -0.2) is 0 Å². The van der Waals surface area contributed by atoms with E-state index in [9.17, 15) is 4.79 Å². The zero-order chi connectivity index (χ0) is 17.0. The molecule has 3 atom stereocenters. The third-order valence-electron chi connectivity index (χ3n) is 4.90. The second-order valence-electron chi connectivity index (χ2n) is 6.33. The number of amides is 1. The summed E-state index contributed by atoms with van der Waals surface area (Å²) in [6.45, 7) is 4.60. The fourth-order valence-electron chi connectivity index (χ4n) is 3.53. The lowest BCUT2D eigenvalue weighted by Crippen LogP contribution is -2.36. The largest absolute Gasteiger partial charge is 0.493 e. The van der Waals surface area contributed by atoms with Crippen LogP contribution in [0.25, 0.3) is 0 Å². The van der Waals surface area contributed by atoms with Gasteiger partial charge in [-0.2, -0.15) is 0 Å². The van der Waals surface area contributed by atoms with Gasteiger partial charge in [0.2, 0.25) is 5.91 Å². The predicted octanol–water partition coefficient (Wildman–Crippen LogP) is 2.99. The molecule has 1 aliphatic carbocycles. The molecule has 1 amide bonds. The van der Waals surface area contributed by atoms with Crippen LogP contribution in [-0.4, -0.2) is 26.7 Å². The number of benzene rings is 1. The molecular weight excluding hydrogens is 328 g/mol. The zero-order valence-corrected chi connectivity index (χ0v) is 15.7. The molecule has 24 heavy (non-hydrogen) atoms. The van der Waals surface area contributed by atoms with Crippen molar-refractivity contribution in [3.63, 3.8) is 0 Å². The average Bonchev–Trinajstić information content (AvgIpc) is 3.02. The Bertz CT molecular complexity index is 565. The number of hydrogen-bond acceptors (Lipinski definition) is 4. The first-order valence-corrected chi connectivity index (χ1v) is 8.24. The van der Waals surface area contributed by atoms with Crippen LogP contribution in [0.1, 0.15) is 43.4 Å². The lowest BCUT2D eigenvalue weighted by atomic mass is 9.94. The lowest BCUT2D eigenvalue weighted by molar-refractivity contribution is -0.126. The normalized spacial score (nSPS) is 20.9. The van der Waals surface area contributed by atoms with Gasteiger partial charge in [-0.3, -0.25) is 4.79 Å². The number of methoxy groups -OCH3 is 2. The first kappa shape index (κ1) is 20.6. The fourth-order valence-corrected chi connectivity index (χ4v) is 3.53. The summed E-state index contributed by atoms with van der Waals surface area (Å²) in [6.07, 6.45) is 3.08. The molecule has 1 fully saturated rings.